The number of carbonyl (C=O) groups excluding carboxylic acids is 2. The largest absolute Gasteiger partial charge is 0.466 e. The van der Waals surface area contributed by atoms with E-state index in [0.717, 1.165) is 52.9 Å². The smallest absolute Gasteiger partial charge is 0.310 e. The van der Waals surface area contributed by atoms with Gasteiger partial charge in [-0.15, -0.1) is 0 Å². The number of rotatable bonds is 10. The number of esters is 1. The Morgan fingerprint density at radius 3 is 2.46 bits per heavy atom. The van der Waals surface area contributed by atoms with E-state index in [-0.39, 0.29) is 29.3 Å². The van der Waals surface area contributed by atoms with E-state index in [0.29, 0.717) is 24.0 Å². The fourth-order valence-corrected chi connectivity index (χ4v) is 9.39. The third kappa shape index (κ3) is 6.68. The minimum atomic E-state index is -0.430. The molecule has 2 aliphatic carbocycles. The highest BCUT2D eigenvalue weighted by molar-refractivity contribution is 5.96. The number of ether oxygens (including phenoxy) is 1. The van der Waals surface area contributed by atoms with Crippen LogP contribution in [0.2, 0.25) is 0 Å². The molecule has 1 unspecified atom stereocenters. The monoisotopic (exact) mass is 695 g/mol. The van der Waals surface area contributed by atoms with Gasteiger partial charge in [-0.3, -0.25) is 9.59 Å². The van der Waals surface area contributed by atoms with Gasteiger partial charge in [0.2, 0.25) is 0 Å². The van der Waals surface area contributed by atoms with Crippen LogP contribution in [0.1, 0.15) is 100 Å². The number of nitrogens with one attached hydrogen (secondary N) is 1. The molecular weight excluding hydrogens is 643 g/mol. The van der Waals surface area contributed by atoms with Gasteiger partial charge in [-0.25, -0.2) is 4.98 Å². The van der Waals surface area contributed by atoms with Gasteiger partial charge in [-0.1, -0.05) is 108 Å². The molecule has 270 valence electrons. The standard InChI is InChI=1S/C46H53N3O3/c1-7-52-44(51)31(4)28-47-43(50)37-16-11-15-36(26-37)42-48-39-27-34(32-13-9-8-10-14-32)18-21-40(39)49(42)29-45(5)23-12-24-46(6)38-20-17-33(30(2)3)25-35(38)19-22-41(45)46/h8-11,13-18,20-21,25-27,30-31,41H,7,12,19,22-24,28-29H2,1-6H3,(H,47,50)/t31?,41-,45+,46+/m0/s1. The molecule has 4 atom stereocenters. The lowest BCUT2D eigenvalue weighted by Gasteiger charge is -2.56. The van der Waals surface area contributed by atoms with Crippen LogP contribution in [0.15, 0.2) is 91.0 Å². The predicted octanol–water partition coefficient (Wildman–Crippen LogP) is 10.1. The minimum Gasteiger partial charge on any atom is -0.466 e. The lowest BCUT2D eigenvalue weighted by atomic mass is 9.49. The summed E-state index contributed by atoms with van der Waals surface area (Å²) in [6.07, 6.45) is 5.87. The Balaban J connectivity index is 1.27. The molecule has 2 aliphatic rings. The van der Waals surface area contributed by atoms with Gasteiger partial charge in [0.05, 0.1) is 23.6 Å². The number of carbonyl (C=O) groups is 2. The van der Waals surface area contributed by atoms with E-state index >= 15 is 0 Å². The van der Waals surface area contributed by atoms with Crippen LogP contribution in [0.4, 0.5) is 0 Å². The van der Waals surface area contributed by atoms with Crippen molar-refractivity contribution in [2.75, 3.05) is 13.2 Å². The van der Waals surface area contributed by atoms with Crippen LogP contribution < -0.4 is 5.32 Å². The van der Waals surface area contributed by atoms with Crippen LogP contribution in [0.25, 0.3) is 33.5 Å². The molecule has 6 heteroatoms. The Bertz CT molecular complexity index is 2100. The molecule has 1 heterocycles. The molecule has 52 heavy (non-hydrogen) atoms. The highest BCUT2D eigenvalue weighted by Gasteiger charge is 2.52. The first kappa shape index (κ1) is 35.7. The Morgan fingerprint density at radius 1 is 0.904 bits per heavy atom. The molecule has 1 aromatic heterocycles. The average molecular weight is 696 g/mol. The molecule has 0 bridgehead atoms. The molecule has 0 radical (unpaired) electrons. The van der Waals surface area contributed by atoms with Gasteiger partial charge in [-0.05, 0) is 107 Å². The predicted molar refractivity (Wildman–Crippen MR) is 210 cm³/mol. The zero-order valence-corrected chi connectivity index (χ0v) is 31.7. The second kappa shape index (κ2) is 14.4. The van der Waals surface area contributed by atoms with Gasteiger partial charge in [0.1, 0.15) is 5.82 Å². The summed E-state index contributed by atoms with van der Waals surface area (Å²) in [5.74, 6) is 0.971. The Morgan fingerprint density at radius 2 is 1.69 bits per heavy atom. The summed E-state index contributed by atoms with van der Waals surface area (Å²) in [7, 11) is 0. The van der Waals surface area contributed by atoms with Crippen molar-refractivity contribution in [1.82, 2.24) is 14.9 Å². The first-order valence-electron chi connectivity index (χ1n) is 19.2. The van der Waals surface area contributed by atoms with Crippen molar-refractivity contribution in [3.8, 4) is 22.5 Å². The maximum atomic E-state index is 13.4. The molecule has 5 aromatic rings. The van der Waals surface area contributed by atoms with Crippen LogP contribution in [0.5, 0.6) is 0 Å². The highest BCUT2D eigenvalue weighted by Crippen LogP contribution is 2.58. The van der Waals surface area contributed by atoms with Crippen molar-refractivity contribution in [2.45, 2.75) is 91.5 Å². The lowest BCUT2D eigenvalue weighted by molar-refractivity contribution is -0.147. The summed E-state index contributed by atoms with van der Waals surface area (Å²) in [5, 5.41) is 2.94. The number of amides is 1. The van der Waals surface area contributed by atoms with Gasteiger partial charge in [-0.2, -0.15) is 0 Å². The Hall–Kier alpha value is -4.71. The molecule has 0 spiro atoms. The van der Waals surface area contributed by atoms with Crippen molar-refractivity contribution in [2.24, 2.45) is 17.3 Å². The van der Waals surface area contributed by atoms with Gasteiger partial charge in [0.15, 0.2) is 0 Å². The summed E-state index contributed by atoms with van der Waals surface area (Å²) >= 11 is 0. The molecule has 0 aliphatic heterocycles. The van der Waals surface area contributed by atoms with E-state index in [1.807, 2.05) is 24.3 Å². The first-order chi connectivity index (χ1) is 25.0. The minimum absolute atomic E-state index is 0.0418. The third-order valence-electron chi connectivity index (χ3n) is 12.2. The van der Waals surface area contributed by atoms with Crippen LogP contribution in [0, 0.1) is 17.3 Å². The fourth-order valence-electron chi connectivity index (χ4n) is 9.39. The number of hydrogen-bond acceptors (Lipinski definition) is 4. The van der Waals surface area contributed by atoms with Crippen LogP contribution in [-0.4, -0.2) is 34.6 Å². The van der Waals surface area contributed by atoms with E-state index in [4.69, 9.17) is 9.72 Å². The highest BCUT2D eigenvalue weighted by atomic mass is 16.5. The molecule has 1 amide bonds. The van der Waals surface area contributed by atoms with Crippen molar-refractivity contribution in [3.05, 3.63) is 113 Å². The molecule has 7 rings (SSSR count). The summed E-state index contributed by atoms with van der Waals surface area (Å²) in [4.78, 5) is 30.9. The second-order valence-corrected chi connectivity index (χ2v) is 16.1. The molecule has 1 saturated carbocycles. The molecule has 4 aromatic carbocycles. The van der Waals surface area contributed by atoms with Crippen molar-refractivity contribution < 1.29 is 14.3 Å². The van der Waals surface area contributed by atoms with Crippen molar-refractivity contribution in [1.29, 1.82) is 0 Å². The topological polar surface area (TPSA) is 73.2 Å². The maximum absolute atomic E-state index is 13.4. The zero-order valence-electron chi connectivity index (χ0n) is 31.7. The van der Waals surface area contributed by atoms with Gasteiger partial charge in [0.25, 0.3) is 5.91 Å². The second-order valence-electron chi connectivity index (χ2n) is 16.1. The quantitative estimate of drug-likeness (QED) is 0.148. The van der Waals surface area contributed by atoms with E-state index in [9.17, 15) is 9.59 Å². The number of aromatic nitrogens is 2. The van der Waals surface area contributed by atoms with Crippen molar-refractivity contribution >= 4 is 22.9 Å². The normalized spacial score (nSPS) is 21.7. The van der Waals surface area contributed by atoms with Gasteiger partial charge >= 0.3 is 5.97 Å². The van der Waals surface area contributed by atoms with E-state index in [2.05, 4.69) is 104 Å². The van der Waals surface area contributed by atoms with E-state index in [1.54, 1.807) is 25.0 Å². The average Bonchev–Trinajstić information content (AvgIpc) is 3.50. The van der Waals surface area contributed by atoms with E-state index < -0.39 is 5.92 Å². The van der Waals surface area contributed by atoms with E-state index in [1.165, 1.54) is 24.8 Å². The fraction of sp³-hybridized carbons (Fsp3) is 0.413. The lowest BCUT2D eigenvalue weighted by Crippen LogP contribution is -2.50. The van der Waals surface area contributed by atoms with Gasteiger partial charge in [0, 0.05) is 24.2 Å². The number of benzene rings is 4. The van der Waals surface area contributed by atoms with Crippen LogP contribution >= 0.6 is 0 Å². The van der Waals surface area contributed by atoms with Crippen molar-refractivity contribution in [3.63, 3.8) is 0 Å². The number of aryl methyl sites for hydroxylation is 1. The molecule has 1 fully saturated rings. The molecule has 6 nitrogen and oxygen atoms in total. The summed E-state index contributed by atoms with van der Waals surface area (Å²) < 4.78 is 7.57. The number of fused-ring (bicyclic) bond motifs is 4. The summed E-state index contributed by atoms with van der Waals surface area (Å²) in [5.41, 5.74) is 10.5. The Labute approximate surface area is 309 Å². The Kier molecular flexibility index (Phi) is 9.86. The maximum Gasteiger partial charge on any atom is 0.310 e. The molecular formula is C46H53N3O3. The number of hydrogen-bond donors (Lipinski definition) is 1. The first-order valence-corrected chi connectivity index (χ1v) is 19.2. The molecule has 1 N–H and O–H groups in total. The van der Waals surface area contributed by atoms with Gasteiger partial charge < -0.3 is 14.6 Å². The zero-order chi connectivity index (χ0) is 36.6. The SMILES string of the molecule is CCOC(=O)C(C)CNC(=O)c1cccc(-c2nc3cc(-c4ccccc4)ccc3n2C[C@@]2(C)CCC[C@]3(C)c4ccc(C(C)C)cc4CC[C@@H]23)c1. The molecule has 0 saturated heterocycles. The third-order valence-corrected chi connectivity index (χ3v) is 12.2. The summed E-state index contributed by atoms with van der Waals surface area (Å²) in [6.45, 7) is 14.6. The number of nitrogens with zero attached hydrogens (tertiary/aromatic N) is 2. The van der Waals surface area contributed by atoms with Crippen LogP contribution in [0.3, 0.4) is 0 Å². The number of imidazole rings is 1. The van der Waals surface area contributed by atoms with Crippen LogP contribution in [-0.2, 0) is 27.9 Å². The summed E-state index contributed by atoms with van der Waals surface area (Å²) in [6, 6.07) is 32.2.